The Labute approximate surface area is 194 Å². The number of fused-ring (bicyclic) bond motifs is 1. The van der Waals surface area contributed by atoms with Gasteiger partial charge in [0.25, 0.3) is 5.56 Å². The van der Waals surface area contributed by atoms with E-state index >= 15 is 0 Å². The quantitative estimate of drug-likeness (QED) is 0.312. The van der Waals surface area contributed by atoms with E-state index in [4.69, 9.17) is 16.3 Å². The number of benzene rings is 3. The van der Waals surface area contributed by atoms with E-state index in [2.05, 4.69) is 10.3 Å². The van der Waals surface area contributed by atoms with Crippen LogP contribution in [-0.4, -0.2) is 28.3 Å². The highest BCUT2D eigenvalue weighted by atomic mass is 35.5. The standard InChI is InChI=1S/C24H20ClN3O3S/c1-31-19-10-8-18(9-11-19)26-22(29)15-32-24-27-21-13-17(25)7-12-20(21)23(30)28(24)14-16-5-3-2-4-6-16/h2-13H,14-15H2,1H3,(H,26,29). The number of hydrogen-bond acceptors (Lipinski definition) is 5. The molecule has 0 radical (unpaired) electrons. The van der Waals surface area contributed by atoms with Crippen molar-refractivity contribution in [3.05, 3.63) is 93.7 Å². The second-order valence-corrected chi connectivity index (χ2v) is 8.38. The van der Waals surface area contributed by atoms with E-state index in [0.29, 0.717) is 39.1 Å². The fourth-order valence-corrected chi connectivity index (χ4v) is 4.16. The number of amides is 1. The SMILES string of the molecule is COc1ccc(NC(=O)CSc2nc3cc(Cl)ccc3c(=O)n2Cc2ccccc2)cc1. The third-order valence-corrected chi connectivity index (χ3v) is 5.98. The smallest absolute Gasteiger partial charge is 0.262 e. The Morgan fingerprint density at radius 1 is 1.09 bits per heavy atom. The van der Waals surface area contributed by atoms with Gasteiger partial charge in [0.15, 0.2) is 5.16 Å². The van der Waals surface area contributed by atoms with E-state index in [1.54, 1.807) is 54.1 Å². The lowest BCUT2D eigenvalue weighted by atomic mass is 10.2. The molecule has 0 aliphatic rings. The van der Waals surface area contributed by atoms with Crippen molar-refractivity contribution in [2.45, 2.75) is 11.7 Å². The van der Waals surface area contributed by atoms with Gasteiger partial charge in [-0.15, -0.1) is 0 Å². The lowest BCUT2D eigenvalue weighted by Crippen LogP contribution is -2.25. The number of aromatic nitrogens is 2. The predicted octanol–water partition coefficient (Wildman–Crippen LogP) is 4.84. The zero-order chi connectivity index (χ0) is 22.5. The summed E-state index contributed by atoms with van der Waals surface area (Å²) in [6, 6.07) is 21.8. The first kappa shape index (κ1) is 21.9. The van der Waals surface area contributed by atoms with Crippen LogP contribution in [0.15, 0.2) is 82.7 Å². The number of carbonyl (C=O) groups excluding carboxylic acids is 1. The van der Waals surface area contributed by atoms with Gasteiger partial charge in [-0.2, -0.15) is 0 Å². The maximum Gasteiger partial charge on any atom is 0.262 e. The van der Waals surface area contributed by atoms with Crippen LogP contribution in [-0.2, 0) is 11.3 Å². The Morgan fingerprint density at radius 2 is 1.84 bits per heavy atom. The third-order valence-electron chi connectivity index (χ3n) is 4.77. The number of halogens is 1. The summed E-state index contributed by atoms with van der Waals surface area (Å²) in [5, 5.41) is 4.28. The predicted molar refractivity (Wildman–Crippen MR) is 129 cm³/mol. The van der Waals surface area contributed by atoms with E-state index in [1.807, 2.05) is 30.3 Å². The highest BCUT2D eigenvalue weighted by Gasteiger charge is 2.14. The van der Waals surface area contributed by atoms with Gasteiger partial charge in [0, 0.05) is 10.7 Å². The number of hydrogen-bond donors (Lipinski definition) is 1. The highest BCUT2D eigenvalue weighted by molar-refractivity contribution is 7.99. The molecule has 1 heterocycles. The summed E-state index contributed by atoms with van der Waals surface area (Å²) in [5.74, 6) is 0.604. The lowest BCUT2D eigenvalue weighted by Gasteiger charge is -2.13. The van der Waals surface area contributed by atoms with Crippen molar-refractivity contribution < 1.29 is 9.53 Å². The molecule has 4 aromatic rings. The molecule has 162 valence electrons. The minimum Gasteiger partial charge on any atom is -0.497 e. The molecule has 0 fully saturated rings. The third kappa shape index (κ3) is 5.12. The van der Waals surface area contributed by atoms with Gasteiger partial charge >= 0.3 is 0 Å². The summed E-state index contributed by atoms with van der Waals surface area (Å²) in [5.41, 5.74) is 1.96. The average Bonchev–Trinajstić information content (AvgIpc) is 2.81. The van der Waals surface area contributed by atoms with Crippen molar-refractivity contribution in [2.24, 2.45) is 0 Å². The lowest BCUT2D eigenvalue weighted by molar-refractivity contribution is -0.113. The molecular formula is C24H20ClN3O3S. The first-order valence-corrected chi connectivity index (χ1v) is 11.2. The first-order valence-electron chi connectivity index (χ1n) is 9.84. The van der Waals surface area contributed by atoms with Crippen LogP contribution in [0.25, 0.3) is 10.9 Å². The molecule has 0 atom stereocenters. The van der Waals surface area contributed by atoms with Gasteiger partial charge < -0.3 is 10.1 Å². The summed E-state index contributed by atoms with van der Waals surface area (Å²) in [6.45, 7) is 0.355. The van der Waals surface area contributed by atoms with Gasteiger partial charge in [0.1, 0.15) is 5.75 Å². The molecule has 8 heteroatoms. The second kappa shape index (κ2) is 9.89. The molecule has 0 spiro atoms. The van der Waals surface area contributed by atoms with Crippen LogP contribution in [0, 0.1) is 0 Å². The fraction of sp³-hybridized carbons (Fsp3) is 0.125. The Morgan fingerprint density at radius 3 is 2.56 bits per heavy atom. The highest BCUT2D eigenvalue weighted by Crippen LogP contribution is 2.22. The summed E-state index contributed by atoms with van der Waals surface area (Å²) < 4.78 is 6.72. The largest absolute Gasteiger partial charge is 0.497 e. The molecule has 0 saturated heterocycles. The average molecular weight is 466 g/mol. The van der Waals surface area contributed by atoms with Gasteiger partial charge in [0.05, 0.1) is 30.3 Å². The summed E-state index contributed by atoms with van der Waals surface area (Å²) >= 11 is 7.31. The van der Waals surface area contributed by atoms with Gasteiger partial charge in [-0.3, -0.25) is 14.2 Å². The molecule has 32 heavy (non-hydrogen) atoms. The van der Waals surface area contributed by atoms with E-state index in [-0.39, 0.29) is 17.2 Å². The van der Waals surface area contributed by atoms with Crippen molar-refractivity contribution in [2.75, 3.05) is 18.2 Å². The van der Waals surface area contributed by atoms with Crippen molar-refractivity contribution in [1.29, 1.82) is 0 Å². The summed E-state index contributed by atoms with van der Waals surface area (Å²) in [7, 11) is 1.59. The normalized spacial score (nSPS) is 10.8. The number of nitrogens with zero attached hydrogens (tertiary/aromatic N) is 2. The molecule has 3 aromatic carbocycles. The van der Waals surface area contributed by atoms with Gasteiger partial charge in [-0.05, 0) is 48.0 Å². The Hall–Kier alpha value is -3.29. The van der Waals surface area contributed by atoms with Crippen LogP contribution >= 0.6 is 23.4 Å². The van der Waals surface area contributed by atoms with E-state index < -0.39 is 0 Å². The zero-order valence-electron chi connectivity index (χ0n) is 17.2. The van der Waals surface area contributed by atoms with Crippen LogP contribution in [0.4, 0.5) is 5.69 Å². The van der Waals surface area contributed by atoms with Crippen LogP contribution in [0.3, 0.4) is 0 Å². The Balaban J connectivity index is 1.60. The summed E-state index contributed by atoms with van der Waals surface area (Å²) in [6.07, 6.45) is 0. The minimum absolute atomic E-state index is 0.0966. The van der Waals surface area contributed by atoms with Crippen molar-refractivity contribution in [3.63, 3.8) is 0 Å². The number of ether oxygens (including phenoxy) is 1. The number of methoxy groups -OCH3 is 1. The molecule has 1 N–H and O–H groups in total. The molecule has 1 amide bonds. The Kier molecular flexibility index (Phi) is 6.78. The molecular weight excluding hydrogens is 446 g/mol. The van der Waals surface area contributed by atoms with Crippen LogP contribution < -0.4 is 15.6 Å². The van der Waals surface area contributed by atoms with Crippen LogP contribution in [0.5, 0.6) is 5.75 Å². The second-order valence-electron chi connectivity index (χ2n) is 7.00. The molecule has 4 rings (SSSR count). The number of nitrogens with one attached hydrogen (secondary N) is 1. The number of thioether (sulfide) groups is 1. The molecule has 6 nitrogen and oxygen atoms in total. The van der Waals surface area contributed by atoms with E-state index in [1.165, 1.54) is 11.8 Å². The molecule has 0 aliphatic carbocycles. The van der Waals surface area contributed by atoms with Crippen LogP contribution in [0.2, 0.25) is 5.02 Å². The molecule has 1 aromatic heterocycles. The maximum atomic E-state index is 13.2. The van der Waals surface area contributed by atoms with Crippen molar-refractivity contribution >= 4 is 45.9 Å². The topological polar surface area (TPSA) is 73.2 Å². The van der Waals surface area contributed by atoms with Crippen molar-refractivity contribution in [1.82, 2.24) is 9.55 Å². The monoisotopic (exact) mass is 465 g/mol. The summed E-state index contributed by atoms with van der Waals surface area (Å²) in [4.78, 5) is 30.4. The molecule has 0 bridgehead atoms. The van der Waals surface area contributed by atoms with Crippen LogP contribution in [0.1, 0.15) is 5.56 Å². The van der Waals surface area contributed by atoms with E-state index in [0.717, 1.165) is 5.56 Å². The minimum atomic E-state index is -0.202. The van der Waals surface area contributed by atoms with E-state index in [9.17, 15) is 9.59 Å². The van der Waals surface area contributed by atoms with Gasteiger partial charge in [-0.1, -0.05) is 53.7 Å². The van der Waals surface area contributed by atoms with Gasteiger partial charge in [-0.25, -0.2) is 4.98 Å². The number of anilines is 1. The maximum absolute atomic E-state index is 13.2. The zero-order valence-corrected chi connectivity index (χ0v) is 18.8. The Bertz CT molecular complexity index is 1310. The molecule has 0 unspecified atom stereocenters. The van der Waals surface area contributed by atoms with Gasteiger partial charge in [0.2, 0.25) is 5.91 Å². The molecule has 0 aliphatic heterocycles. The van der Waals surface area contributed by atoms with Crippen molar-refractivity contribution in [3.8, 4) is 5.75 Å². The fourth-order valence-electron chi connectivity index (χ4n) is 3.19. The number of rotatable bonds is 7. The molecule has 0 saturated carbocycles. The first-order chi connectivity index (χ1) is 15.5. The number of carbonyl (C=O) groups is 1.